The van der Waals surface area contributed by atoms with Crippen LogP contribution in [0.3, 0.4) is 0 Å². The van der Waals surface area contributed by atoms with E-state index in [4.69, 9.17) is 0 Å². The van der Waals surface area contributed by atoms with Gasteiger partial charge in [-0.2, -0.15) is 0 Å². The lowest BCUT2D eigenvalue weighted by Gasteiger charge is -2.08. The maximum atomic E-state index is 12.3. The van der Waals surface area contributed by atoms with Crippen molar-refractivity contribution in [2.75, 3.05) is 0 Å². The molecule has 21 heavy (non-hydrogen) atoms. The largest absolute Gasteiger partial charge is 0.267 e. The zero-order chi connectivity index (χ0) is 15.7. The van der Waals surface area contributed by atoms with E-state index in [0.29, 0.717) is 0 Å². The Bertz CT molecular complexity index is 822. The highest BCUT2D eigenvalue weighted by molar-refractivity contribution is 7.90. The van der Waals surface area contributed by atoms with Crippen LogP contribution in [0.5, 0.6) is 0 Å². The predicted octanol–water partition coefficient (Wildman–Crippen LogP) is 1.41. The molecule has 0 fully saturated rings. The first-order valence-electron chi connectivity index (χ1n) is 6.24. The average molecular weight is 328 g/mol. The van der Waals surface area contributed by atoms with E-state index in [9.17, 15) is 16.8 Å². The molecular formula is C13H16N2O4S2. The van der Waals surface area contributed by atoms with Crippen molar-refractivity contribution >= 4 is 20.0 Å². The molecule has 0 aliphatic rings. The minimum Gasteiger partial charge on any atom is -0.248 e. The van der Waals surface area contributed by atoms with E-state index in [-0.39, 0.29) is 15.8 Å². The highest BCUT2D eigenvalue weighted by Crippen LogP contribution is 2.17. The molecule has 0 aliphatic carbocycles. The molecule has 6 nitrogen and oxygen atoms in total. The van der Waals surface area contributed by atoms with Crippen LogP contribution in [-0.4, -0.2) is 26.8 Å². The van der Waals surface area contributed by atoms with Gasteiger partial charge in [0.25, 0.3) is 10.0 Å². The number of nitrogens with zero attached hydrogens (tertiary/aromatic N) is 1. The van der Waals surface area contributed by atoms with Gasteiger partial charge in [-0.15, -0.1) is 0 Å². The molecular weight excluding hydrogens is 312 g/mol. The van der Waals surface area contributed by atoms with Gasteiger partial charge >= 0.3 is 0 Å². The lowest BCUT2D eigenvalue weighted by atomic mass is 10.4. The first-order chi connectivity index (χ1) is 9.73. The van der Waals surface area contributed by atoms with Crippen LogP contribution in [0.4, 0.5) is 0 Å². The predicted molar refractivity (Wildman–Crippen MR) is 78.9 cm³/mol. The summed E-state index contributed by atoms with van der Waals surface area (Å²) in [4.78, 5) is 0.0112. The number of nitrogens with one attached hydrogen (secondary N) is 1. The van der Waals surface area contributed by atoms with Crippen molar-refractivity contribution in [2.24, 2.45) is 0 Å². The highest BCUT2D eigenvalue weighted by Gasteiger charge is 2.21. The van der Waals surface area contributed by atoms with Crippen molar-refractivity contribution in [3.8, 4) is 0 Å². The van der Waals surface area contributed by atoms with Crippen molar-refractivity contribution in [2.45, 2.75) is 29.7 Å². The van der Waals surface area contributed by atoms with E-state index < -0.39 is 20.0 Å². The monoisotopic (exact) mass is 328 g/mol. The van der Waals surface area contributed by atoms with Gasteiger partial charge in [-0.1, -0.05) is 18.2 Å². The summed E-state index contributed by atoms with van der Waals surface area (Å²) in [5, 5.41) is 0. The lowest BCUT2D eigenvalue weighted by molar-refractivity contribution is 0.570. The molecule has 8 heteroatoms. The van der Waals surface area contributed by atoms with E-state index >= 15 is 0 Å². The van der Waals surface area contributed by atoms with Crippen molar-refractivity contribution in [1.82, 2.24) is 8.69 Å². The SMILES string of the molecule is CC(C)NS(=O)(=O)c1ccn(S(=O)(=O)c2ccccc2)c1. The average Bonchev–Trinajstić information content (AvgIpc) is 2.89. The molecule has 0 saturated heterocycles. The van der Waals surface area contributed by atoms with Crippen LogP contribution in [0, 0.1) is 0 Å². The Morgan fingerprint density at radius 3 is 2.14 bits per heavy atom. The topological polar surface area (TPSA) is 85.2 Å². The number of benzene rings is 1. The molecule has 1 aromatic carbocycles. The Kier molecular flexibility index (Phi) is 4.22. The molecule has 0 aliphatic heterocycles. The van der Waals surface area contributed by atoms with E-state index in [1.165, 1.54) is 24.4 Å². The summed E-state index contributed by atoms with van der Waals surface area (Å²) in [5.74, 6) is 0. The number of hydrogen-bond donors (Lipinski definition) is 1. The van der Waals surface area contributed by atoms with Gasteiger partial charge in [-0.05, 0) is 32.0 Å². The zero-order valence-electron chi connectivity index (χ0n) is 11.6. The number of sulfonamides is 1. The Labute approximate surface area is 124 Å². The molecule has 1 heterocycles. The fourth-order valence-corrected chi connectivity index (χ4v) is 4.29. The van der Waals surface area contributed by atoms with Gasteiger partial charge in [-0.25, -0.2) is 25.5 Å². The van der Waals surface area contributed by atoms with E-state index in [1.807, 2.05) is 0 Å². The van der Waals surface area contributed by atoms with E-state index in [0.717, 1.165) is 10.2 Å². The number of hydrogen-bond acceptors (Lipinski definition) is 4. The normalized spacial score (nSPS) is 12.7. The van der Waals surface area contributed by atoms with Crippen molar-refractivity contribution < 1.29 is 16.8 Å². The third kappa shape index (κ3) is 3.34. The van der Waals surface area contributed by atoms with Gasteiger partial charge in [0.15, 0.2) is 0 Å². The van der Waals surface area contributed by atoms with Crippen LogP contribution in [0.2, 0.25) is 0 Å². The Hall–Kier alpha value is -1.64. The second-order valence-corrected chi connectivity index (χ2v) is 8.33. The van der Waals surface area contributed by atoms with Crippen LogP contribution >= 0.6 is 0 Å². The molecule has 2 aromatic rings. The molecule has 1 N–H and O–H groups in total. The minimum atomic E-state index is -3.78. The first-order valence-corrected chi connectivity index (χ1v) is 9.17. The Morgan fingerprint density at radius 1 is 0.952 bits per heavy atom. The molecule has 0 bridgehead atoms. The van der Waals surface area contributed by atoms with Gasteiger partial charge in [0.05, 0.1) is 4.90 Å². The zero-order valence-corrected chi connectivity index (χ0v) is 13.2. The molecule has 0 spiro atoms. The Balaban J connectivity index is 2.41. The molecule has 0 atom stereocenters. The maximum absolute atomic E-state index is 12.3. The third-order valence-corrected chi connectivity index (χ3v) is 5.95. The van der Waals surface area contributed by atoms with Gasteiger partial charge in [0.1, 0.15) is 4.90 Å². The summed E-state index contributed by atoms with van der Waals surface area (Å²) in [6, 6.07) is 8.81. The van der Waals surface area contributed by atoms with Crippen LogP contribution in [0.1, 0.15) is 13.8 Å². The summed E-state index contributed by atoms with van der Waals surface area (Å²) in [6.07, 6.45) is 2.31. The van der Waals surface area contributed by atoms with E-state index in [1.54, 1.807) is 32.0 Å². The fraction of sp³-hybridized carbons (Fsp3) is 0.231. The summed E-state index contributed by atoms with van der Waals surface area (Å²) in [6.45, 7) is 3.38. The minimum absolute atomic E-state index is 0.0873. The smallest absolute Gasteiger partial charge is 0.248 e. The lowest BCUT2D eigenvalue weighted by Crippen LogP contribution is -2.30. The van der Waals surface area contributed by atoms with E-state index in [2.05, 4.69) is 4.72 Å². The molecule has 1 aromatic heterocycles. The number of aromatic nitrogens is 1. The summed E-state index contributed by atoms with van der Waals surface area (Å²) < 4.78 is 52.0. The second kappa shape index (κ2) is 5.63. The summed E-state index contributed by atoms with van der Waals surface area (Å²) in [5.41, 5.74) is 0. The molecule has 0 unspecified atom stereocenters. The quantitative estimate of drug-likeness (QED) is 0.899. The molecule has 0 radical (unpaired) electrons. The van der Waals surface area contributed by atoms with Crippen LogP contribution in [0.15, 0.2) is 58.6 Å². The highest BCUT2D eigenvalue weighted by atomic mass is 32.2. The van der Waals surface area contributed by atoms with Crippen LogP contribution in [-0.2, 0) is 20.0 Å². The van der Waals surface area contributed by atoms with Crippen LogP contribution < -0.4 is 4.72 Å². The number of rotatable bonds is 5. The third-order valence-electron chi connectivity index (χ3n) is 2.66. The fourth-order valence-electron chi connectivity index (χ4n) is 1.76. The standard InChI is InChI=1S/C13H16N2O4S2/c1-11(2)14-20(16,17)13-8-9-15(10-13)21(18,19)12-6-4-3-5-7-12/h3-11,14H,1-2H3. The molecule has 2 rings (SSSR count). The van der Waals surface area contributed by atoms with Gasteiger partial charge in [0, 0.05) is 18.4 Å². The summed E-state index contributed by atoms with van der Waals surface area (Å²) >= 11 is 0. The summed E-state index contributed by atoms with van der Waals surface area (Å²) in [7, 11) is -7.50. The first kappa shape index (κ1) is 15.7. The molecule has 114 valence electrons. The van der Waals surface area contributed by atoms with Crippen molar-refractivity contribution in [1.29, 1.82) is 0 Å². The molecule has 0 saturated carbocycles. The van der Waals surface area contributed by atoms with Gasteiger partial charge in [0.2, 0.25) is 10.0 Å². The van der Waals surface area contributed by atoms with Crippen LogP contribution in [0.25, 0.3) is 0 Å². The second-order valence-electron chi connectivity index (χ2n) is 4.77. The van der Waals surface area contributed by atoms with Gasteiger partial charge < -0.3 is 0 Å². The molecule has 0 amide bonds. The van der Waals surface area contributed by atoms with Crippen molar-refractivity contribution in [3.63, 3.8) is 0 Å². The Morgan fingerprint density at radius 2 is 1.57 bits per heavy atom. The van der Waals surface area contributed by atoms with Gasteiger partial charge in [-0.3, -0.25) is 0 Å². The van der Waals surface area contributed by atoms with Crippen molar-refractivity contribution in [3.05, 3.63) is 48.8 Å². The maximum Gasteiger partial charge on any atom is 0.267 e.